The van der Waals surface area contributed by atoms with Crippen molar-refractivity contribution in [2.75, 3.05) is 32.7 Å². The summed E-state index contributed by atoms with van der Waals surface area (Å²) >= 11 is 6.22. The van der Waals surface area contributed by atoms with Crippen molar-refractivity contribution in [3.63, 3.8) is 0 Å². The van der Waals surface area contributed by atoms with E-state index in [1.165, 1.54) is 0 Å². The number of carbonyl (C=O) groups is 3. The molecule has 250 valence electrons. The molecule has 10 heteroatoms. The highest BCUT2D eigenvalue weighted by molar-refractivity contribution is 6.30. The Hall–Kier alpha value is -2.26. The van der Waals surface area contributed by atoms with Crippen molar-refractivity contribution in [1.29, 1.82) is 0 Å². The van der Waals surface area contributed by atoms with E-state index in [2.05, 4.69) is 25.7 Å². The zero-order valence-electron chi connectivity index (χ0n) is 27.8. The highest BCUT2D eigenvalue weighted by Gasteiger charge is 2.52. The van der Waals surface area contributed by atoms with E-state index in [9.17, 15) is 23.2 Å². The number of likely N-dealkylation sites (tertiary alicyclic amines) is 3. The van der Waals surface area contributed by atoms with Gasteiger partial charge in [-0.1, -0.05) is 44.5 Å². The minimum atomic E-state index is -2.73. The number of benzene rings is 1. The normalized spacial score (nSPS) is 28.1. The molecule has 0 N–H and O–H groups in total. The maximum atomic E-state index is 14.8. The molecule has 0 unspecified atom stereocenters. The molecular weight excluding hydrogens is 598 g/mol. The van der Waals surface area contributed by atoms with Crippen molar-refractivity contribution in [3.8, 4) is 0 Å². The van der Waals surface area contributed by atoms with Gasteiger partial charge in [-0.05, 0) is 70.6 Å². The van der Waals surface area contributed by atoms with Crippen LogP contribution in [0.3, 0.4) is 0 Å². The molecule has 1 aromatic carbocycles. The molecule has 4 aliphatic rings. The number of alkyl halides is 2. The Bertz CT molecular complexity index is 1240. The quantitative estimate of drug-likeness (QED) is 0.382. The molecule has 1 aliphatic carbocycles. The summed E-state index contributed by atoms with van der Waals surface area (Å²) in [6.07, 6.45) is 2.11. The van der Waals surface area contributed by atoms with Crippen LogP contribution in [0.2, 0.25) is 5.02 Å². The van der Waals surface area contributed by atoms with Gasteiger partial charge in [-0.25, -0.2) is 8.78 Å². The molecule has 3 saturated heterocycles. The highest BCUT2D eigenvalue weighted by Crippen LogP contribution is 2.42. The smallest absolute Gasteiger partial charge is 0.248 e. The summed E-state index contributed by atoms with van der Waals surface area (Å²) in [4.78, 5) is 50.7. The standard InChI is InChI=1S/C35H51ClF2N4O3/c1-33(2,3)32(45)42(25-13-15-35(37,38)16-14-25)26-19-29(31(44)39-17-7-8-18-39)41(20-26)30(43)28-22-40(34(4,5)6)21-27(28)23-9-11-24(36)12-10-23/h9-12,25-29H,7-8,13-22H2,1-6H3/t26-,27-,28+,29-/m0/s1. The highest BCUT2D eigenvalue weighted by atomic mass is 35.5. The van der Waals surface area contributed by atoms with Gasteiger partial charge in [0.1, 0.15) is 6.04 Å². The summed E-state index contributed by atoms with van der Waals surface area (Å²) < 4.78 is 28.5. The van der Waals surface area contributed by atoms with Crippen molar-refractivity contribution < 1.29 is 23.2 Å². The molecule has 1 saturated carbocycles. The lowest BCUT2D eigenvalue weighted by Gasteiger charge is -2.43. The van der Waals surface area contributed by atoms with Crippen LogP contribution in [-0.2, 0) is 14.4 Å². The number of rotatable bonds is 5. The molecule has 1 aromatic rings. The van der Waals surface area contributed by atoms with Crippen LogP contribution in [0.15, 0.2) is 24.3 Å². The molecule has 3 amide bonds. The Morgan fingerprint density at radius 2 is 1.47 bits per heavy atom. The summed E-state index contributed by atoms with van der Waals surface area (Å²) in [6, 6.07) is 6.24. The van der Waals surface area contributed by atoms with Gasteiger partial charge in [-0.3, -0.25) is 19.3 Å². The zero-order chi connectivity index (χ0) is 32.9. The monoisotopic (exact) mass is 648 g/mol. The Labute approximate surface area is 272 Å². The van der Waals surface area contributed by atoms with E-state index in [0.717, 1.165) is 18.4 Å². The first-order valence-corrected chi connectivity index (χ1v) is 17.1. The molecule has 45 heavy (non-hydrogen) atoms. The van der Waals surface area contributed by atoms with Crippen LogP contribution in [0, 0.1) is 11.3 Å². The van der Waals surface area contributed by atoms with Gasteiger partial charge in [0.15, 0.2) is 0 Å². The van der Waals surface area contributed by atoms with Gasteiger partial charge < -0.3 is 14.7 Å². The predicted octanol–water partition coefficient (Wildman–Crippen LogP) is 6.20. The van der Waals surface area contributed by atoms with Crippen LogP contribution in [0.4, 0.5) is 8.78 Å². The number of halogens is 3. The largest absolute Gasteiger partial charge is 0.341 e. The maximum absolute atomic E-state index is 14.8. The lowest BCUT2D eigenvalue weighted by Crippen LogP contribution is -2.54. The minimum absolute atomic E-state index is 0.0598. The van der Waals surface area contributed by atoms with E-state index in [1.54, 1.807) is 9.80 Å². The van der Waals surface area contributed by atoms with Crippen LogP contribution in [0.5, 0.6) is 0 Å². The first kappa shape index (κ1) is 34.1. The summed E-state index contributed by atoms with van der Waals surface area (Å²) in [5, 5.41) is 0.634. The Kier molecular flexibility index (Phi) is 9.65. The number of carbonyl (C=O) groups excluding carboxylic acids is 3. The average molecular weight is 649 g/mol. The summed E-state index contributed by atoms with van der Waals surface area (Å²) in [5.41, 5.74) is 0.150. The zero-order valence-corrected chi connectivity index (χ0v) is 28.6. The molecular formula is C35H51ClF2N4O3. The SMILES string of the molecule is CC(C)(C)C(=O)N(C1CCC(F)(F)CC1)[C@H]1C[C@@H](C(=O)N2CCCC2)N(C(=O)[C@@H]2CN(C(C)(C)C)C[C@H]2c2ccc(Cl)cc2)C1. The van der Waals surface area contributed by atoms with Crippen molar-refractivity contribution in [1.82, 2.24) is 19.6 Å². The fourth-order valence-corrected chi connectivity index (χ4v) is 7.95. The molecule has 0 spiro atoms. The van der Waals surface area contributed by atoms with Crippen molar-refractivity contribution in [2.24, 2.45) is 11.3 Å². The predicted molar refractivity (Wildman–Crippen MR) is 172 cm³/mol. The summed E-state index contributed by atoms with van der Waals surface area (Å²) in [6.45, 7) is 14.8. The molecule has 0 aromatic heterocycles. The number of hydrogen-bond donors (Lipinski definition) is 0. The van der Waals surface area contributed by atoms with Gasteiger partial charge >= 0.3 is 0 Å². The molecule has 4 fully saturated rings. The van der Waals surface area contributed by atoms with Crippen LogP contribution in [0.1, 0.15) is 98.0 Å². The van der Waals surface area contributed by atoms with Gasteiger partial charge in [0, 0.05) is 73.5 Å². The molecule has 5 rings (SSSR count). The van der Waals surface area contributed by atoms with Crippen molar-refractivity contribution >= 4 is 29.3 Å². The van der Waals surface area contributed by atoms with Crippen LogP contribution >= 0.6 is 11.6 Å². The average Bonchev–Trinajstić information content (AvgIpc) is 3.73. The van der Waals surface area contributed by atoms with E-state index in [4.69, 9.17) is 11.6 Å². The Balaban J connectivity index is 1.49. The number of amides is 3. The van der Waals surface area contributed by atoms with Crippen LogP contribution in [-0.4, -0.2) is 99.6 Å². The van der Waals surface area contributed by atoms with Crippen LogP contribution < -0.4 is 0 Å². The fourth-order valence-electron chi connectivity index (χ4n) is 7.82. The fraction of sp³-hybridized carbons (Fsp3) is 0.743. The van der Waals surface area contributed by atoms with Gasteiger partial charge in [0.2, 0.25) is 23.6 Å². The summed E-state index contributed by atoms with van der Waals surface area (Å²) in [7, 11) is 0. The van der Waals surface area contributed by atoms with Gasteiger partial charge in [-0.15, -0.1) is 0 Å². The van der Waals surface area contributed by atoms with E-state index in [-0.39, 0.29) is 73.4 Å². The lowest BCUT2D eigenvalue weighted by atomic mass is 9.86. The molecule has 7 nitrogen and oxygen atoms in total. The van der Waals surface area contributed by atoms with Crippen LogP contribution in [0.25, 0.3) is 0 Å². The molecule has 3 aliphatic heterocycles. The molecule has 0 radical (unpaired) electrons. The van der Waals surface area contributed by atoms with Crippen molar-refractivity contribution in [2.45, 2.75) is 122 Å². The summed E-state index contributed by atoms with van der Waals surface area (Å²) in [5.74, 6) is -3.42. The van der Waals surface area contributed by atoms with Gasteiger partial charge in [0.05, 0.1) is 12.0 Å². The Morgan fingerprint density at radius 3 is 2.02 bits per heavy atom. The van der Waals surface area contributed by atoms with E-state index < -0.39 is 23.4 Å². The molecule has 3 heterocycles. The number of nitrogens with zero attached hydrogens (tertiary/aromatic N) is 4. The van der Waals surface area contributed by atoms with E-state index >= 15 is 0 Å². The van der Waals surface area contributed by atoms with Gasteiger partial charge in [-0.2, -0.15) is 0 Å². The third-order valence-corrected chi connectivity index (χ3v) is 10.8. The first-order chi connectivity index (χ1) is 21.0. The van der Waals surface area contributed by atoms with Gasteiger partial charge in [0.25, 0.3) is 0 Å². The van der Waals surface area contributed by atoms with Crippen molar-refractivity contribution in [3.05, 3.63) is 34.9 Å². The lowest BCUT2D eigenvalue weighted by molar-refractivity contribution is -0.149. The van der Waals surface area contributed by atoms with E-state index in [1.807, 2.05) is 49.9 Å². The number of hydrogen-bond acceptors (Lipinski definition) is 4. The first-order valence-electron chi connectivity index (χ1n) is 16.8. The van der Waals surface area contributed by atoms with E-state index in [0.29, 0.717) is 37.6 Å². The maximum Gasteiger partial charge on any atom is 0.248 e. The molecule has 4 atom stereocenters. The third kappa shape index (κ3) is 7.34. The second-order valence-corrected chi connectivity index (χ2v) is 16.3. The topological polar surface area (TPSA) is 64.2 Å². The second kappa shape index (κ2) is 12.7. The minimum Gasteiger partial charge on any atom is -0.341 e. The second-order valence-electron chi connectivity index (χ2n) is 15.8. The molecule has 0 bridgehead atoms. The third-order valence-electron chi connectivity index (χ3n) is 10.5. The Morgan fingerprint density at radius 1 is 0.867 bits per heavy atom.